The van der Waals surface area contributed by atoms with Crippen LogP contribution in [-0.4, -0.2) is 15.9 Å². The highest BCUT2D eigenvalue weighted by molar-refractivity contribution is 5.53. The van der Waals surface area contributed by atoms with Crippen molar-refractivity contribution < 1.29 is 4.74 Å². The van der Waals surface area contributed by atoms with Crippen LogP contribution >= 0.6 is 0 Å². The standard InChI is InChI=1S/C16H21N3O/c1-5-19-11-14(10-18-19)9-17-16-7-6-15(8-13(16)4)20-12(2)3/h5-8,10-12,17H,1,9H2,2-4H3. The van der Waals surface area contributed by atoms with Gasteiger partial charge in [-0.05, 0) is 44.5 Å². The number of hydrogen-bond donors (Lipinski definition) is 1. The monoisotopic (exact) mass is 271 g/mol. The van der Waals surface area contributed by atoms with Crippen molar-refractivity contribution in [2.24, 2.45) is 0 Å². The second-order valence-corrected chi connectivity index (χ2v) is 5.01. The van der Waals surface area contributed by atoms with Gasteiger partial charge in [0.25, 0.3) is 0 Å². The van der Waals surface area contributed by atoms with E-state index in [2.05, 4.69) is 30.0 Å². The molecule has 0 spiro atoms. The maximum atomic E-state index is 5.68. The lowest BCUT2D eigenvalue weighted by atomic mass is 10.2. The van der Waals surface area contributed by atoms with E-state index in [1.54, 1.807) is 10.9 Å². The number of aryl methyl sites for hydroxylation is 1. The molecule has 4 heteroatoms. The first kappa shape index (κ1) is 14.2. The van der Waals surface area contributed by atoms with E-state index in [4.69, 9.17) is 4.74 Å². The van der Waals surface area contributed by atoms with Crippen LogP contribution in [0.4, 0.5) is 5.69 Å². The fourth-order valence-corrected chi connectivity index (χ4v) is 1.95. The van der Waals surface area contributed by atoms with Gasteiger partial charge in [0.2, 0.25) is 0 Å². The Morgan fingerprint density at radius 1 is 1.45 bits per heavy atom. The Morgan fingerprint density at radius 3 is 2.85 bits per heavy atom. The summed E-state index contributed by atoms with van der Waals surface area (Å²) in [5.74, 6) is 0.905. The van der Waals surface area contributed by atoms with Crippen molar-refractivity contribution in [3.8, 4) is 5.75 Å². The maximum Gasteiger partial charge on any atom is 0.120 e. The molecule has 0 aliphatic heterocycles. The van der Waals surface area contributed by atoms with Crippen molar-refractivity contribution in [2.45, 2.75) is 33.4 Å². The molecule has 1 heterocycles. The van der Waals surface area contributed by atoms with Crippen LogP contribution in [0.2, 0.25) is 0 Å². The third-order valence-corrected chi connectivity index (χ3v) is 2.89. The van der Waals surface area contributed by atoms with Crippen LogP contribution in [0.25, 0.3) is 6.20 Å². The van der Waals surface area contributed by atoms with Gasteiger partial charge in [0.05, 0.1) is 12.3 Å². The molecule has 0 bridgehead atoms. The Bertz CT molecular complexity index is 587. The highest BCUT2D eigenvalue weighted by Crippen LogP contribution is 2.22. The first-order valence-electron chi connectivity index (χ1n) is 6.75. The van der Waals surface area contributed by atoms with E-state index in [-0.39, 0.29) is 6.10 Å². The van der Waals surface area contributed by atoms with Crippen LogP contribution in [0.1, 0.15) is 25.0 Å². The summed E-state index contributed by atoms with van der Waals surface area (Å²) in [5.41, 5.74) is 3.39. The van der Waals surface area contributed by atoms with E-state index in [0.29, 0.717) is 0 Å². The Morgan fingerprint density at radius 2 is 2.25 bits per heavy atom. The van der Waals surface area contributed by atoms with Gasteiger partial charge in [-0.1, -0.05) is 6.58 Å². The lowest BCUT2D eigenvalue weighted by Crippen LogP contribution is -2.06. The van der Waals surface area contributed by atoms with Gasteiger partial charge >= 0.3 is 0 Å². The summed E-state index contributed by atoms with van der Waals surface area (Å²) in [5, 5.41) is 7.56. The zero-order chi connectivity index (χ0) is 14.5. The Labute approximate surface area is 120 Å². The molecule has 2 rings (SSSR count). The van der Waals surface area contributed by atoms with E-state index in [9.17, 15) is 0 Å². The zero-order valence-electron chi connectivity index (χ0n) is 12.3. The van der Waals surface area contributed by atoms with Crippen LogP contribution in [0.15, 0.2) is 37.2 Å². The second kappa shape index (κ2) is 6.28. The third-order valence-electron chi connectivity index (χ3n) is 2.89. The van der Waals surface area contributed by atoms with Gasteiger partial charge in [-0.2, -0.15) is 5.10 Å². The second-order valence-electron chi connectivity index (χ2n) is 5.01. The molecule has 1 N–H and O–H groups in total. The van der Waals surface area contributed by atoms with E-state index in [1.165, 1.54) is 5.56 Å². The zero-order valence-corrected chi connectivity index (χ0v) is 12.3. The van der Waals surface area contributed by atoms with Gasteiger partial charge in [0, 0.05) is 30.2 Å². The van der Waals surface area contributed by atoms with Crippen molar-refractivity contribution >= 4 is 11.9 Å². The van der Waals surface area contributed by atoms with Gasteiger partial charge in [0.15, 0.2) is 0 Å². The molecule has 1 aromatic carbocycles. The van der Waals surface area contributed by atoms with E-state index < -0.39 is 0 Å². The summed E-state index contributed by atoms with van der Waals surface area (Å²) < 4.78 is 7.38. The fraction of sp³-hybridized carbons (Fsp3) is 0.312. The summed E-state index contributed by atoms with van der Waals surface area (Å²) >= 11 is 0. The summed E-state index contributed by atoms with van der Waals surface area (Å²) in [7, 11) is 0. The minimum atomic E-state index is 0.193. The van der Waals surface area contributed by atoms with Gasteiger partial charge in [-0.25, -0.2) is 4.68 Å². The van der Waals surface area contributed by atoms with Crippen molar-refractivity contribution in [1.29, 1.82) is 0 Å². The molecule has 0 aliphatic rings. The average molecular weight is 271 g/mol. The van der Waals surface area contributed by atoms with Crippen LogP contribution in [0, 0.1) is 6.92 Å². The molecule has 0 fully saturated rings. The quantitative estimate of drug-likeness (QED) is 0.871. The number of rotatable bonds is 6. The Hall–Kier alpha value is -2.23. The number of ether oxygens (including phenoxy) is 1. The van der Waals surface area contributed by atoms with Gasteiger partial charge < -0.3 is 10.1 Å². The van der Waals surface area contributed by atoms with E-state index in [1.807, 2.05) is 38.4 Å². The molecule has 0 unspecified atom stereocenters. The molecule has 20 heavy (non-hydrogen) atoms. The molecule has 1 aromatic heterocycles. The number of nitrogens with one attached hydrogen (secondary N) is 1. The third kappa shape index (κ3) is 3.63. The molecular weight excluding hydrogens is 250 g/mol. The van der Waals surface area contributed by atoms with Crippen molar-refractivity contribution in [3.05, 3.63) is 48.3 Å². The van der Waals surface area contributed by atoms with E-state index >= 15 is 0 Å². The summed E-state index contributed by atoms with van der Waals surface area (Å²) in [6.07, 6.45) is 5.65. The largest absolute Gasteiger partial charge is 0.491 e. The molecule has 2 aromatic rings. The number of hydrogen-bond acceptors (Lipinski definition) is 3. The number of aromatic nitrogens is 2. The molecule has 0 saturated carbocycles. The SMILES string of the molecule is C=Cn1cc(CNc2ccc(OC(C)C)cc2C)cn1. The van der Waals surface area contributed by atoms with Crippen LogP contribution in [0.3, 0.4) is 0 Å². The van der Waals surface area contributed by atoms with Crippen LogP contribution in [-0.2, 0) is 6.54 Å². The molecule has 0 atom stereocenters. The van der Waals surface area contributed by atoms with Gasteiger partial charge in [-0.15, -0.1) is 0 Å². The first-order chi connectivity index (χ1) is 9.58. The molecule has 0 radical (unpaired) electrons. The molecule has 0 saturated heterocycles. The summed E-state index contributed by atoms with van der Waals surface area (Å²) in [6, 6.07) is 6.09. The number of nitrogens with zero attached hydrogens (tertiary/aromatic N) is 2. The van der Waals surface area contributed by atoms with Crippen molar-refractivity contribution in [3.63, 3.8) is 0 Å². The first-order valence-corrected chi connectivity index (χ1v) is 6.75. The smallest absolute Gasteiger partial charge is 0.120 e. The number of anilines is 1. The minimum absolute atomic E-state index is 0.193. The van der Waals surface area contributed by atoms with Gasteiger partial charge in [0.1, 0.15) is 5.75 Å². The topological polar surface area (TPSA) is 39.1 Å². The minimum Gasteiger partial charge on any atom is -0.491 e. The number of benzene rings is 1. The predicted octanol–water partition coefficient (Wildman–Crippen LogP) is 3.69. The average Bonchev–Trinajstić information content (AvgIpc) is 2.85. The summed E-state index contributed by atoms with van der Waals surface area (Å²) in [6.45, 7) is 10.5. The van der Waals surface area contributed by atoms with Crippen LogP contribution in [0.5, 0.6) is 5.75 Å². The highest BCUT2D eigenvalue weighted by atomic mass is 16.5. The predicted molar refractivity (Wildman–Crippen MR) is 82.9 cm³/mol. The Balaban J connectivity index is 2.00. The molecule has 4 nitrogen and oxygen atoms in total. The van der Waals surface area contributed by atoms with Crippen molar-refractivity contribution in [2.75, 3.05) is 5.32 Å². The fourth-order valence-electron chi connectivity index (χ4n) is 1.95. The normalized spacial score (nSPS) is 10.6. The van der Waals surface area contributed by atoms with Crippen molar-refractivity contribution in [1.82, 2.24) is 9.78 Å². The molecule has 0 aliphatic carbocycles. The highest BCUT2D eigenvalue weighted by Gasteiger charge is 2.03. The summed E-state index contributed by atoms with van der Waals surface area (Å²) in [4.78, 5) is 0. The van der Waals surface area contributed by atoms with Crippen LogP contribution < -0.4 is 10.1 Å². The maximum absolute atomic E-state index is 5.68. The lowest BCUT2D eigenvalue weighted by Gasteiger charge is -2.13. The molecule has 106 valence electrons. The molecular formula is C16H21N3O. The lowest BCUT2D eigenvalue weighted by molar-refractivity contribution is 0.242. The van der Waals surface area contributed by atoms with Gasteiger partial charge in [-0.3, -0.25) is 0 Å². The Kier molecular flexibility index (Phi) is 4.45. The molecule has 0 amide bonds. The van der Waals surface area contributed by atoms with E-state index in [0.717, 1.165) is 23.5 Å².